The van der Waals surface area contributed by atoms with E-state index in [2.05, 4.69) is 15.2 Å². The van der Waals surface area contributed by atoms with Gasteiger partial charge in [0.2, 0.25) is 5.01 Å². The van der Waals surface area contributed by atoms with Crippen LogP contribution in [-0.2, 0) is 17.4 Å². The van der Waals surface area contributed by atoms with E-state index in [1.807, 2.05) is 0 Å². The average molecular weight is 341 g/mol. The Morgan fingerprint density at radius 3 is 2.55 bits per heavy atom. The van der Waals surface area contributed by atoms with Crippen LogP contribution < -0.4 is 0 Å². The van der Waals surface area contributed by atoms with Gasteiger partial charge >= 0.3 is 12.1 Å². The maximum Gasteiger partial charge on any atom is 0.445 e. The Hall–Kier alpha value is -1.20. The summed E-state index contributed by atoms with van der Waals surface area (Å²) in [6.45, 7) is 1.65. The van der Waals surface area contributed by atoms with Crippen molar-refractivity contribution >= 4 is 40.4 Å². The van der Waals surface area contributed by atoms with Crippen molar-refractivity contribution in [3.63, 3.8) is 0 Å². The zero-order valence-corrected chi connectivity index (χ0v) is 12.2. The van der Waals surface area contributed by atoms with Gasteiger partial charge in [0.1, 0.15) is 0 Å². The summed E-state index contributed by atoms with van der Waals surface area (Å²) in [7, 11) is 0. The summed E-state index contributed by atoms with van der Waals surface area (Å²) in [6.07, 6.45) is -4.67. The molecule has 108 valence electrons. The van der Waals surface area contributed by atoms with Gasteiger partial charge in [0.15, 0.2) is 8.68 Å². The standard InChI is InChI=1S/C9H6F3N3O2S3/c1-3-4(2-5(16)17)18-7(13-3)20-8-15-14-6(19-8)9(10,11)12/h2H2,1H3,(H,16,17). The number of aromatic nitrogens is 3. The van der Waals surface area contributed by atoms with E-state index in [0.29, 0.717) is 26.2 Å². The van der Waals surface area contributed by atoms with Gasteiger partial charge < -0.3 is 5.11 Å². The van der Waals surface area contributed by atoms with Crippen molar-refractivity contribution in [2.45, 2.75) is 28.2 Å². The number of halogens is 3. The minimum Gasteiger partial charge on any atom is -0.481 e. The van der Waals surface area contributed by atoms with Crippen LogP contribution in [0, 0.1) is 6.92 Å². The van der Waals surface area contributed by atoms with E-state index in [1.54, 1.807) is 6.92 Å². The van der Waals surface area contributed by atoms with Gasteiger partial charge in [-0.3, -0.25) is 4.79 Å². The first-order chi connectivity index (χ1) is 9.25. The number of carboxylic acids is 1. The first-order valence-electron chi connectivity index (χ1n) is 5.02. The molecule has 0 aliphatic heterocycles. The Balaban J connectivity index is 2.14. The summed E-state index contributed by atoms with van der Waals surface area (Å²) in [5, 5.41) is 14.2. The Morgan fingerprint density at radius 2 is 2.00 bits per heavy atom. The number of alkyl halides is 3. The molecule has 2 aromatic heterocycles. The molecule has 0 saturated heterocycles. The largest absolute Gasteiger partial charge is 0.481 e. The Labute approximate surface area is 122 Å². The molecule has 0 fully saturated rings. The lowest BCUT2D eigenvalue weighted by atomic mass is 10.3. The molecule has 0 saturated carbocycles. The van der Waals surface area contributed by atoms with E-state index in [1.165, 1.54) is 0 Å². The highest BCUT2D eigenvalue weighted by Crippen LogP contribution is 2.38. The molecule has 2 aromatic rings. The van der Waals surface area contributed by atoms with E-state index in [4.69, 9.17) is 5.11 Å². The van der Waals surface area contributed by atoms with Crippen LogP contribution >= 0.6 is 34.4 Å². The fraction of sp³-hybridized carbons (Fsp3) is 0.333. The molecule has 0 aliphatic rings. The second-order valence-corrected chi connectivity index (χ2v) is 7.09. The van der Waals surface area contributed by atoms with E-state index >= 15 is 0 Å². The molecule has 1 N–H and O–H groups in total. The number of hydrogen-bond donors (Lipinski definition) is 1. The van der Waals surface area contributed by atoms with Crippen LogP contribution in [0.5, 0.6) is 0 Å². The van der Waals surface area contributed by atoms with E-state index in [9.17, 15) is 18.0 Å². The first-order valence-corrected chi connectivity index (χ1v) is 7.47. The van der Waals surface area contributed by atoms with Gasteiger partial charge in [-0.2, -0.15) is 13.2 Å². The first kappa shape index (κ1) is 15.2. The molecule has 20 heavy (non-hydrogen) atoms. The van der Waals surface area contributed by atoms with Crippen molar-refractivity contribution in [2.75, 3.05) is 0 Å². The number of aryl methyl sites for hydroxylation is 1. The third kappa shape index (κ3) is 3.67. The number of nitrogens with zero attached hydrogens (tertiary/aromatic N) is 3. The molecule has 0 bridgehead atoms. The zero-order valence-electron chi connectivity index (χ0n) is 9.76. The van der Waals surface area contributed by atoms with Crippen molar-refractivity contribution in [3.05, 3.63) is 15.6 Å². The molecule has 0 aromatic carbocycles. The summed E-state index contributed by atoms with van der Waals surface area (Å²) in [6, 6.07) is 0. The van der Waals surface area contributed by atoms with Crippen LogP contribution in [0.1, 0.15) is 15.6 Å². The smallest absolute Gasteiger partial charge is 0.445 e. The second-order valence-electron chi connectivity index (χ2n) is 3.53. The zero-order chi connectivity index (χ0) is 14.9. The van der Waals surface area contributed by atoms with Gasteiger partial charge in [0.25, 0.3) is 0 Å². The third-order valence-corrected chi connectivity index (χ3v) is 5.25. The second kappa shape index (κ2) is 5.66. The molecule has 0 amide bonds. The fourth-order valence-corrected chi connectivity index (χ4v) is 4.33. The van der Waals surface area contributed by atoms with Crippen LogP contribution in [0.2, 0.25) is 0 Å². The minimum atomic E-state index is -4.51. The van der Waals surface area contributed by atoms with E-state index in [0.717, 1.165) is 23.1 Å². The Bertz CT molecular complexity index is 638. The summed E-state index contributed by atoms with van der Waals surface area (Å²) in [5.74, 6) is -0.983. The van der Waals surface area contributed by atoms with Gasteiger partial charge in [-0.25, -0.2) is 4.98 Å². The SMILES string of the molecule is Cc1nc(Sc2nnc(C(F)(F)F)s2)sc1CC(=O)O. The molecule has 5 nitrogen and oxygen atoms in total. The molecule has 0 aliphatic carbocycles. The lowest BCUT2D eigenvalue weighted by molar-refractivity contribution is -0.138. The third-order valence-electron chi connectivity index (χ3n) is 2.01. The maximum atomic E-state index is 12.4. The lowest BCUT2D eigenvalue weighted by Gasteiger charge is -1.97. The molecule has 2 heterocycles. The normalized spacial score (nSPS) is 11.8. The summed E-state index contributed by atoms with van der Waals surface area (Å²) in [4.78, 5) is 15.3. The number of thiazole rings is 1. The predicted molar refractivity (Wildman–Crippen MR) is 67.2 cm³/mol. The van der Waals surface area contributed by atoms with Crippen molar-refractivity contribution in [1.82, 2.24) is 15.2 Å². The topological polar surface area (TPSA) is 76.0 Å². The Morgan fingerprint density at radius 1 is 1.30 bits per heavy atom. The van der Waals surface area contributed by atoms with Gasteiger partial charge in [0, 0.05) is 4.88 Å². The molecule has 0 spiro atoms. The average Bonchev–Trinajstić information content (AvgIpc) is 2.86. The number of carbonyl (C=O) groups is 1. The van der Waals surface area contributed by atoms with Gasteiger partial charge in [0.05, 0.1) is 12.1 Å². The van der Waals surface area contributed by atoms with Crippen molar-refractivity contribution in [3.8, 4) is 0 Å². The highest BCUT2D eigenvalue weighted by molar-refractivity contribution is 8.02. The molecule has 0 radical (unpaired) electrons. The van der Waals surface area contributed by atoms with Gasteiger partial charge in [-0.1, -0.05) is 11.3 Å². The summed E-state index contributed by atoms with van der Waals surface area (Å²) < 4.78 is 37.7. The van der Waals surface area contributed by atoms with Crippen LogP contribution in [0.3, 0.4) is 0 Å². The Kier molecular flexibility index (Phi) is 4.30. The van der Waals surface area contributed by atoms with Crippen molar-refractivity contribution in [2.24, 2.45) is 0 Å². The highest BCUT2D eigenvalue weighted by atomic mass is 32.2. The number of aliphatic carboxylic acids is 1. The van der Waals surface area contributed by atoms with E-state index < -0.39 is 17.2 Å². The molecule has 2 rings (SSSR count). The van der Waals surface area contributed by atoms with Crippen LogP contribution in [-0.4, -0.2) is 26.3 Å². The lowest BCUT2D eigenvalue weighted by Crippen LogP contribution is -2.03. The van der Waals surface area contributed by atoms with E-state index in [-0.39, 0.29) is 10.8 Å². The molecular weight excluding hydrogens is 335 g/mol. The molecule has 0 atom stereocenters. The number of hydrogen-bond acceptors (Lipinski definition) is 7. The number of rotatable bonds is 4. The maximum absolute atomic E-state index is 12.4. The van der Waals surface area contributed by atoms with Crippen molar-refractivity contribution < 1.29 is 23.1 Å². The fourth-order valence-electron chi connectivity index (χ4n) is 1.19. The molecule has 11 heteroatoms. The summed E-state index contributed by atoms with van der Waals surface area (Å²) in [5.41, 5.74) is 0.556. The quantitative estimate of drug-likeness (QED) is 0.921. The summed E-state index contributed by atoms with van der Waals surface area (Å²) >= 11 is 2.50. The highest BCUT2D eigenvalue weighted by Gasteiger charge is 2.35. The van der Waals surface area contributed by atoms with Crippen molar-refractivity contribution in [1.29, 1.82) is 0 Å². The number of carboxylic acid groups (broad SMARTS) is 1. The van der Waals surface area contributed by atoms with Gasteiger partial charge in [-0.05, 0) is 18.7 Å². The van der Waals surface area contributed by atoms with Crippen LogP contribution in [0.4, 0.5) is 13.2 Å². The monoisotopic (exact) mass is 341 g/mol. The molecule has 0 unspecified atom stereocenters. The minimum absolute atomic E-state index is 0.118. The van der Waals surface area contributed by atoms with Gasteiger partial charge in [-0.15, -0.1) is 21.5 Å². The van der Waals surface area contributed by atoms with Crippen LogP contribution in [0.15, 0.2) is 8.68 Å². The molecular formula is C9H6F3N3O2S3. The van der Waals surface area contributed by atoms with Crippen LogP contribution in [0.25, 0.3) is 0 Å². The predicted octanol–water partition coefficient (Wildman–Crippen LogP) is 3.10.